The first kappa shape index (κ1) is 11.4. The molecule has 2 unspecified atom stereocenters. The molecule has 88 valence electrons. The fourth-order valence-corrected chi connectivity index (χ4v) is 2.91. The molecular formula is C13H26N2. The maximum Gasteiger partial charge on any atom is 0.00941 e. The number of rotatable bonds is 4. The van der Waals surface area contributed by atoms with Crippen molar-refractivity contribution in [3.63, 3.8) is 0 Å². The van der Waals surface area contributed by atoms with Gasteiger partial charge < -0.3 is 10.2 Å². The van der Waals surface area contributed by atoms with Crippen LogP contribution in [0.15, 0.2) is 0 Å². The molecule has 0 aromatic carbocycles. The van der Waals surface area contributed by atoms with E-state index in [-0.39, 0.29) is 0 Å². The summed E-state index contributed by atoms with van der Waals surface area (Å²) in [5, 5.41) is 3.77. The van der Waals surface area contributed by atoms with Crippen LogP contribution >= 0.6 is 0 Å². The summed E-state index contributed by atoms with van der Waals surface area (Å²) in [7, 11) is 0. The number of likely N-dealkylation sites (tertiary alicyclic amines) is 1. The molecule has 0 amide bonds. The van der Waals surface area contributed by atoms with Gasteiger partial charge in [0.15, 0.2) is 0 Å². The van der Waals surface area contributed by atoms with Gasteiger partial charge in [-0.15, -0.1) is 0 Å². The fourth-order valence-electron chi connectivity index (χ4n) is 2.91. The van der Waals surface area contributed by atoms with Gasteiger partial charge in [0.2, 0.25) is 0 Å². The molecule has 0 radical (unpaired) electrons. The highest BCUT2D eigenvalue weighted by Crippen LogP contribution is 2.26. The maximum absolute atomic E-state index is 3.77. The van der Waals surface area contributed by atoms with E-state index in [1.807, 2.05) is 0 Å². The monoisotopic (exact) mass is 210 g/mol. The standard InChI is InChI=1S/C13H26N2/c1-3-15-8-7-13(9-11(15)2)14-10-12-5-4-6-12/h11-14H,3-10H2,1-2H3. The van der Waals surface area contributed by atoms with Crippen LogP contribution in [0.25, 0.3) is 0 Å². The lowest BCUT2D eigenvalue weighted by molar-refractivity contribution is 0.138. The van der Waals surface area contributed by atoms with Crippen molar-refractivity contribution < 1.29 is 0 Å². The van der Waals surface area contributed by atoms with Crippen molar-refractivity contribution in [3.05, 3.63) is 0 Å². The average molecular weight is 210 g/mol. The minimum Gasteiger partial charge on any atom is -0.314 e. The van der Waals surface area contributed by atoms with Gasteiger partial charge in [0.05, 0.1) is 0 Å². The number of piperidine rings is 1. The van der Waals surface area contributed by atoms with Crippen molar-refractivity contribution in [1.82, 2.24) is 10.2 Å². The number of hydrogen-bond acceptors (Lipinski definition) is 2. The first-order chi connectivity index (χ1) is 7.29. The van der Waals surface area contributed by atoms with Crippen LogP contribution in [-0.4, -0.2) is 36.6 Å². The summed E-state index contributed by atoms with van der Waals surface area (Å²) < 4.78 is 0. The van der Waals surface area contributed by atoms with Crippen LogP contribution in [0.2, 0.25) is 0 Å². The highest BCUT2D eigenvalue weighted by molar-refractivity contribution is 4.83. The summed E-state index contributed by atoms with van der Waals surface area (Å²) in [6, 6.07) is 1.58. The van der Waals surface area contributed by atoms with Crippen LogP contribution in [0.5, 0.6) is 0 Å². The lowest BCUT2D eigenvalue weighted by Gasteiger charge is -2.38. The van der Waals surface area contributed by atoms with Crippen molar-refractivity contribution in [3.8, 4) is 0 Å². The lowest BCUT2D eigenvalue weighted by atomic mass is 9.85. The van der Waals surface area contributed by atoms with Gasteiger partial charge in [-0.05, 0) is 58.2 Å². The molecular weight excluding hydrogens is 184 g/mol. The van der Waals surface area contributed by atoms with Crippen molar-refractivity contribution in [2.45, 2.75) is 58.0 Å². The normalized spacial score (nSPS) is 34.0. The molecule has 1 aliphatic heterocycles. The van der Waals surface area contributed by atoms with Gasteiger partial charge in [-0.1, -0.05) is 13.3 Å². The van der Waals surface area contributed by atoms with Crippen molar-refractivity contribution in [2.75, 3.05) is 19.6 Å². The molecule has 0 spiro atoms. The largest absolute Gasteiger partial charge is 0.314 e. The van der Waals surface area contributed by atoms with Crippen molar-refractivity contribution in [2.24, 2.45) is 5.92 Å². The third-order valence-electron chi connectivity index (χ3n) is 4.34. The average Bonchev–Trinajstić information content (AvgIpc) is 2.16. The minimum atomic E-state index is 0.780. The lowest BCUT2D eigenvalue weighted by Crippen LogP contribution is -2.48. The fraction of sp³-hybridized carbons (Fsp3) is 1.00. The molecule has 0 bridgehead atoms. The van der Waals surface area contributed by atoms with Gasteiger partial charge >= 0.3 is 0 Å². The zero-order valence-corrected chi connectivity index (χ0v) is 10.3. The highest BCUT2D eigenvalue weighted by atomic mass is 15.2. The Bertz CT molecular complexity index is 189. The van der Waals surface area contributed by atoms with Gasteiger partial charge in [-0.3, -0.25) is 0 Å². The van der Waals surface area contributed by atoms with Crippen LogP contribution in [0, 0.1) is 5.92 Å². The van der Waals surface area contributed by atoms with Gasteiger partial charge in [-0.2, -0.15) is 0 Å². The molecule has 2 fully saturated rings. The van der Waals surface area contributed by atoms with Gasteiger partial charge in [0.25, 0.3) is 0 Å². The molecule has 1 heterocycles. The molecule has 1 aliphatic carbocycles. The Morgan fingerprint density at radius 2 is 2.07 bits per heavy atom. The summed E-state index contributed by atoms with van der Waals surface area (Å²) >= 11 is 0. The Balaban J connectivity index is 1.66. The predicted molar refractivity (Wildman–Crippen MR) is 65.1 cm³/mol. The molecule has 0 aromatic rings. The second-order valence-corrected chi connectivity index (χ2v) is 5.40. The summed E-state index contributed by atoms with van der Waals surface area (Å²) in [6.45, 7) is 8.44. The van der Waals surface area contributed by atoms with Crippen molar-refractivity contribution in [1.29, 1.82) is 0 Å². The molecule has 2 heteroatoms. The second-order valence-electron chi connectivity index (χ2n) is 5.40. The van der Waals surface area contributed by atoms with Gasteiger partial charge in [-0.25, -0.2) is 0 Å². The Labute approximate surface area is 94.4 Å². The molecule has 2 atom stereocenters. The van der Waals surface area contributed by atoms with E-state index in [1.54, 1.807) is 0 Å². The molecule has 0 aromatic heterocycles. The van der Waals surface area contributed by atoms with E-state index in [9.17, 15) is 0 Å². The first-order valence-corrected chi connectivity index (χ1v) is 6.77. The van der Waals surface area contributed by atoms with Gasteiger partial charge in [0.1, 0.15) is 0 Å². The SMILES string of the molecule is CCN1CCC(NCC2CCC2)CC1C. The van der Waals surface area contributed by atoms with E-state index in [4.69, 9.17) is 0 Å². The number of hydrogen-bond donors (Lipinski definition) is 1. The Kier molecular flexibility index (Phi) is 4.04. The molecule has 1 saturated carbocycles. The third-order valence-corrected chi connectivity index (χ3v) is 4.34. The number of nitrogens with zero attached hydrogens (tertiary/aromatic N) is 1. The zero-order chi connectivity index (χ0) is 10.7. The van der Waals surface area contributed by atoms with E-state index >= 15 is 0 Å². The molecule has 1 saturated heterocycles. The summed E-state index contributed by atoms with van der Waals surface area (Å²) in [5.74, 6) is 1.00. The van der Waals surface area contributed by atoms with Crippen LogP contribution in [0.4, 0.5) is 0 Å². The smallest absolute Gasteiger partial charge is 0.00941 e. The maximum atomic E-state index is 3.77. The molecule has 15 heavy (non-hydrogen) atoms. The zero-order valence-electron chi connectivity index (χ0n) is 10.3. The first-order valence-electron chi connectivity index (χ1n) is 6.77. The van der Waals surface area contributed by atoms with Crippen LogP contribution in [0.3, 0.4) is 0 Å². The van der Waals surface area contributed by atoms with E-state index in [1.165, 1.54) is 51.7 Å². The minimum absolute atomic E-state index is 0.780. The van der Waals surface area contributed by atoms with E-state index in [0.717, 1.165) is 18.0 Å². The van der Waals surface area contributed by atoms with Crippen LogP contribution in [-0.2, 0) is 0 Å². The van der Waals surface area contributed by atoms with E-state index < -0.39 is 0 Å². The molecule has 2 rings (SSSR count). The van der Waals surface area contributed by atoms with Crippen molar-refractivity contribution >= 4 is 0 Å². The highest BCUT2D eigenvalue weighted by Gasteiger charge is 2.25. The van der Waals surface area contributed by atoms with Crippen LogP contribution in [0.1, 0.15) is 46.0 Å². The molecule has 2 nitrogen and oxygen atoms in total. The number of nitrogens with one attached hydrogen (secondary N) is 1. The quantitative estimate of drug-likeness (QED) is 0.765. The Morgan fingerprint density at radius 1 is 1.27 bits per heavy atom. The van der Waals surface area contributed by atoms with E-state index in [0.29, 0.717) is 0 Å². The molecule has 1 N–H and O–H groups in total. The molecule has 2 aliphatic rings. The Hall–Kier alpha value is -0.0800. The summed E-state index contributed by atoms with van der Waals surface area (Å²) in [5.41, 5.74) is 0. The Morgan fingerprint density at radius 3 is 2.60 bits per heavy atom. The van der Waals surface area contributed by atoms with E-state index in [2.05, 4.69) is 24.1 Å². The topological polar surface area (TPSA) is 15.3 Å². The third kappa shape index (κ3) is 2.94. The van der Waals surface area contributed by atoms with Gasteiger partial charge in [0, 0.05) is 12.1 Å². The summed E-state index contributed by atoms with van der Waals surface area (Å²) in [4.78, 5) is 2.60. The van der Waals surface area contributed by atoms with Crippen LogP contribution < -0.4 is 5.32 Å². The second kappa shape index (κ2) is 5.31. The summed E-state index contributed by atoms with van der Waals surface area (Å²) in [6.07, 6.45) is 7.11. The predicted octanol–water partition coefficient (Wildman–Crippen LogP) is 2.25.